The molecule has 13 aromatic rings. The molecule has 8 nitrogen and oxygen atoms in total. The standard InChI is InChI=1S/C78H52B2N4O4/c1-9-25-53(26-10-1)81(54-27-11-2-12-28-54)59-41-43-65-73(45-59)87-75-49-63(85-61-37-21-7-22-38-61)47-71-77(75)79(65)67-51-68-70(52-69(67)83(71)57-33-17-5-18-34-57)84(58-35-19-6-20-36-58)72-48-64(86-62-39-23-8-24-40-62)50-76-78(72)80(68)66-44-42-60(46-74(66)88-76)82(55-29-13-3-14-30-55)56-31-15-4-16-32-56/h1-52H. The second kappa shape index (κ2) is 21.2. The van der Waals surface area contributed by atoms with Crippen LogP contribution in [0.2, 0.25) is 0 Å². The predicted molar refractivity (Wildman–Crippen MR) is 361 cm³/mol. The lowest BCUT2D eigenvalue weighted by Crippen LogP contribution is -2.63. The molecule has 0 saturated carbocycles. The second-order valence-corrected chi connectivity index (χ2v) is 22.4. The Hall–Kier alpha value is -11.6. The molecule has 10 heteroatoms. The number of rotatable bonds is 12. The SMILES string of the molecule is c1ccc(Oc2cc3c4c(c2)N(c2ccccc2)c2cc5c(cc2B4c2ccc(N(c4ccccc4)c4ccccc4)cc2O3)B2c3ccc(N(c4ccccc4)c4ccccc4)cc3Oc3cc(Oc4ccccc4)cc(c32)N5c2ccccc2)cc1. The van der Waals surface area contributed by atoms with Crippen molar-refractivity contribution >= 4 is 114 Å². The Labute approximate surface area is 511 Å². The maximum Gasteiger partial charge on any atom is 0.256 e. The van der Waals surface area contributed by atoms with Gasteiger partial charge in [-0.25, -0.2) is 0 Å². The monoisotopic (exact) mass is 1130 g/mol. The number of anilines is 12. The average molecular weight is 1130 g/mol. The highest BCUT2D eigenvalue weighted by molar-refractivity contribution is 7.02. The van der Waals surface area contributed by atoms with Gasteiger partial charge < -0.3 is 38.5 Å². The van der Waals surface area contributed by atoms with Crippen LogP contribution in [0.25, 0.3) is 0 Å². The van der Waals surface area contributed by atoms with Crippen LogP contribution in [-0.4, -0.2) is 13.4 Å². The molecule has 4 heterocycles. The van der Waals surface area contributed by atoms with Crippen molar-refractivity contribution < 1.29 is 18.9 Å². The normalized spacial score (nSPS) is 12.6. The van der Waals surface area contributed by atoms with Crippen molar-refractivity contribution in [2.24, 2.45) is 0 Å². The van der Waals surface area contributed by atoms with Crippen molar-refractivity contribution in [3.8, 4) is 46.0 Å². The minimum atomic E-state index is -0.282. The Morgan fingerprint density at radius 2 is 0.580 bits per heavy atom. The highest BCUT2D eigenvalue weighted by atomic mass is 16.5. The Bertz CT molecular complexity index is 4390. The van der Waals surface area contributed by atoms with Crippen LogP contribution in [0.5, 0.6) is 46.0 Å². The first-order valence-electron chi connectivity index (χ1n) is 29.8. The molecule has 4 aliphatic rings. The van der Waals surface area contributed by atoms with E-state index in [-0.39, 0.29) is 13.4 Å². The van der Waals surface area contributed by atoms with E-state index in [1.807, 2.05) is 60.7 Å². The van der Waals surface area contributed by atoms with Crippen molar-refractivity contribution in [2.45, 2.75) is 0 Å². The smallest absolute Gasteiger partial charge is 0.256 e. The summed E-state index contributed by atoms with van der Waals surface area (Å²) in [7, 11) is 0. The van der Waals surface area contributed by atoms with E-state index < -0.39 is 0 Å². The molecule has 13 aromatic carbocycles. The highest BCUT2D eigenvalue weighted by Gasteiger charge is 2.48. The summed E-state index contributed by atoms with van der Waals surface area (Å²) in [6.45, 7) is -0.564. The quantitative estimate of drug-likeness (QED) is 0.112. The zero-order valence-corrected chi connectivity index (χ0v) is 47.6. The van der Waals surface area contributed by atoms with Crippen LogP contribution in [0.15, 0.2) is 315 Å². The molecule has 0 N–H and O–H groups in total. The summed E-state index contributed by atoms with van der Waals surface area (Å²) in [4.78, 5) is 9.39. The minimum absolute atomic E-state index is 0.282. The summed E-state index contributed by atoms with van der Waals surface area (Å²) in [5.41, 5.74) is 18.6. The number of benzene rings is 13. The molecule has 0 spiro atoms. The molecule has 0 bridgehead atoms. The molecule has 0 aliphatic carbocycles. The summed E-state index contributed by atoms with van der Waals surface area (Å²) in [6, 6.07) is 110. The number of hydrogen-bond acceptors (Lipinski definition) is 8. The second-order valence-electron chi connectivity index (χ2n) is 22.4. The van der Waals surface area contributed by atoms with Crippen LogP contribution in [0, 0.1) is 0 Å². The van der Waals surface area contributed by atoms with Gasteiger partial charge in [0.05, 0.1) is 0 Å². The van der Waals surface area contributed by atoms with E-state index in [1.54, 1.807) is 0 Å². The fraction of sp³-hybridized carbons (Fsp3) is 0. The predicted octanol–water partition coefficient (Wildman–Crippen LogP) is 17.0. The van der Waals surface area contributed by atoms with Crippen molar-refractivity contribution in [2.75, 3.05) is 19.6 Å². The molecule has 17 rings (SSSR count). The number of nitrogens with zero attached hydrogens (tertiary/aromatic N) is 4. The maximum absolute atomic E-state index is 7.39. The van der Waals surface area contributed by atoms with Crippen LogP contribution >= 0.6 is 0 Å². The van der Waals surface area contributed by atoms with Crippen molar-refractivity contribution in [1.29, 1.82) is 0 Å². The first-order chi connectivity index (χ1) is 43.6. The molecular formula is C78H52B2N4O4. The van der Waals surface area contributed by atoms with Crippen LogP contribution in [-0.2, 0) is 0 Å². The van der Waals surface area contributed by atoms with Gasteiger partial charge in [-0.15, -0.1) is 0 Å². The van der Waals surface area contributed by atoms with Crippen molar-refractivity contribution in [3.63, 3.8) is 0 Å². The molecule has 0 radical (unpaired) electrons. The molecule has 0 saturated heterocycles. The van der Waals surface area contributed by atoms with Crippen LogP contribution < -0.4 is 71.3 Å². The summed E-state index contributed by atoms with van der Waals surface area (Å²) >= 11 is 0. The lowest BCUT2D eigenvalue weighted by Gasteiger charge is -2.44. The number of para-hydroxylation sites is 8. The number of hydrogen-bond donors (Lipinski definition) is 0. The third-order valence-electron chi connectivity index (χ3n) is 17.1. The van der Waals surface area contributed by atoms with E-state index in [0.717, 1.165) is 136 Å². The lowest BCUT2D eigenvalue weighted by molar-refractivity contribution is 0.462. The maximum atomic E-state index is 7.39. The van der Waals surface area contributed by atoms with E-state index in [9.17, 15) is 0 Å². The number of ether oxygens (including phenoxy) is 4. The average Bonchev–Trinajstić information content (AvgIpc) is 1.00. The first-order valence-corrected chi connectivity index (χ1v) is 29.8. The van der Waals surface area contributed by atoms with Crippen LogP contribution in [0.1, 0.15) is 0 Å². The van der Waals surface area contributed by atoms with Gasteiger partial charge in [0.1, 0.15) is 46.0 Å². The van der Waals surface area contributed by atoms with Crippen molar-refractivity contribution in [3.05, 3.63) is 315 Å². The molecule has 414 valence electrons. The minimum Gasteiger partial charge on any atom is -0.458 e. The van der Waals surface area contributed by atoms with E-state index in [1.165, 1.54) is 0 Å². The third kappa shape index (κ3) is 8.72. The Morgan fingerprint density at radius 3 is 0.932 bits per heavy atom. The van der Waals surface area contributed by atoms with Gasteiger partial charge in [-0.1, -0.05) is 164 Å². The Balaban J connectivity index is 0.929. The first kappa shape index (κ1) is 50.9. The zero-order chi connectivity index (χ0) is 58.1. The topological polar surface area (TPSA) is 49.9 Å². The Kier molecular flexibility index (Phi) is 12.2. The summed E-state index contributed by atoms with van der Waals surface area (Å²) < 4.78 is 28.5. The number of fused-ring (bicyclic) bond motifs is 8. The van der Waals surface area contributed by atoms with Gasteiger partial charge in [0.25, 0.3) is 13.4 Å². The fourth-order valence-electron chi connectivity index (χ4n) is 13.5. The molecule has 0 aromatic heterocycles. The van der Waals surface area contributed by atoms with Gasteiger partial charge >= 0.3 is 0 Å². The molecule has 0 atom stereocenters. The van der Waals surface area contributed by atoms with E-state index in [4.69, 9.17) is 18.9 Å². The van der Waals surface area contributed by atoms with Gasteiger partial charge in [0, 0.05) is 105 Å². The van der Waals surface area contributed by atoms with E-state index in [0.29, 0.717) is 11.5 Å². The summed E-state index contributed by atoms with van der Waals surface area (Å²) in [5, 5.41) is 0. The molecular weight excluding hydrogens is 1080 g/mol. The Morgan fingerprint density at radius 1 is 0.250 bits per heavy atom. The lowest BCUT2D eigenvalue weighted by atomic mass is 9.31. The summed E-state index contributed by atoms with van der Waals surface area (Å²) in [5.74, 6) is 5.75. The molecule has 0 amide bonds. The molecule has 0 unspecified atom stereocenters. The molecule has 0 fully saturated rings. The van der Waals surface area contributed by atoms with Gasteiger partial charge in [-0.3, -0.25) is 0 Å². The third-order valence-corrected chi connectivity index (χ3v) is 17.1. The van der Waals surface area contributed by atoms with Gasteiger partial charge in [0.2, 0.25) is 0 Å². The fourth-order valence-corrected chi connectivity index (χ4v) is 13.5. The van der Waals surface area contributed by atoms with E-state index >= 15 is 0 Å². The van der Waals surface area contributed by atoms with E-state index in [2.05, 4.69) is 274 Å². The zero-order valence-electron chi connectivity index (χ0n) is 47.6. The van der Waals surface area contributed by atoms with Crippen LogP contribution in [0.3, 0.4) is 0 Å². The van der Waals surface area contributed by atoms with Gasteiger partial charge in [0.15, 0.2) is 0 Å². The molecule has 4 aliphatic heterocycles. The highest BCUT2D eigenvalue weighted by Crippen LogP contribution is 2.50. The van der Waals surface area contributed by atoms with Crippen LogP contribution in [0.4, 0.5) is 68.2 Å². The molecule has 88 heavy (non-hydrogen) atoms. The largest absolute Gasteiger partial charge is 0.458 e. The summed E-state index contributed by atoms with van der Waals surface area (Å²) in [6.07, 6.45) is 0. The van der Waals surface area contributed by atoms with Gasteiger partial charge in [-0.2, -0.15) is 0 Å². The van der Waals surface area contributed by atoms with Crippen molar-refractivity contribution in [1.82, 2.24) is 0 Å². The van der Waals surface area contributed by atoms with Gasteiger partial charge in [-0.05, 0) is 148 Å².